The number of rotatable bonds is 2. The molecule has 0 radical (unpaired) electrons. The summed E-state index contributed by atoms with van der Waals surface area (Å²) < 4.78 is 13.2. The van der Waals surface area contributed by atoms with Gasteiger partial charge in [0.15, 0.2) is 5.43 Å². The molecule has 0 unspecified atom stereocenters. The number of aromatic amines is 1. The summed E-state index contributed by atoms with van der Waals surface area (Å²) in [5.41, 5.74) is 2.10. The van der Waals surface area contributed by atoms with Crippen molar-refractivity contribution in [2.75, 3.05) is 0 Å². The van der Waals surface area contributed by atoms with Crippen molar-refractivity contribution >= 4 is 10.9 Å². The molecule has 3 heteroatoms. The summed E-state index contributed by atoms with van der Waals surface area (Å²) in [6, 6.07) is 4.37. The van der Waals surface area contributed by atoms with Crippen molar-refractivity contribution in [1.82, 2.24) is 4.98 Å². The Kier molecular flexibility index (Phi) is 2.77. The van der Waals surface area contributed by atoms with Gasteiger partial charge in [0.2, 0.25) is 0 Å². The van der Waals surface area contributed by atoms with Crippen LogP contribution in [0.2, 0.25) is 0 Å². The van der Waals surface area contributed by atoms with Crippen molar-refractivity contribution in [2.24, 2.45) is 0 Å². The van der Waals surface area contributed by atoms with Crippen LogP contribution in [0.25, 0.3) is 10.9 Å². The summed E-state index contributed by atoms with van der Waals surface area (Å²) in [5, 5.41) is 0.584. The topological polar surface area (TPSA) is 32.9 Å². The zero-order valence-corrected chi connectivity index (χ0v) is 9.43. The Hall–Kier alpha value is -1.64. The van der Waals surface area contributed by atoms with Crippen LogP contribution in [0.1, 0.15) is 24.6 Å². The molecule has 16 heavy (non-hydrogen) atoms. The van der Waals surface area contributed by atoms with Crippen molar-refractivity contribution < 1.29 is 4.39 Å². The van der Waals surface area contributed by atoms with Crippen LogP contribution in [-0.4, -0.2) is 4.98 Å². The second kappa shape index (κ2) is 4.08. The summed E-state index contributed by atoms with van der Waals surface area (Å²) in [7, 11) is 0. The number of aromatic nitrogens is 1. The van der Waals surface area contributed by atoms with E-state index in [4.69, 9.17) is 0 Å². The molecule has 1 heterocycles. The van der Waals surface area contributed by atoms with Gasteiger partial charge in [0.05, 0.1) is 5.52 Å². The lowest BCUT2D eigenvalue weighted by Gasteiger charge is -2.05. The maximum atomic E-state index is 13.2. The molecule has 0 atom stereocenters. The fourth-order valence-corrected chi connectivity index (χ4v) is 2.01. The van der Waals surface area contributed by atoms with Crippen molar-refractivity contribution in [2.45, 2.75) is 26.7 Å². The minimum Gasteiger partial charge on any atom is -0.358 e. The van der Waals surface area contributed by atoms with Gasteiger partial charge in [-0.2, -0.15) is 0 Å². The van der Waals surface area contributed by atoms with Crippen molar-refractivity contribution in [3.8, 4) is 0 Å². The fraction of sp³-hybridized carbons (Fsp3) is 0.308. The van der Waals surface area contributed by atoms with Crippen LogP contribution in [0.5, 0.6) is 0 Å². The lowest BCUT2D eigenvalue weighted by Crippen LogP contribution is -2.07. The van der Waals surface area contributed by atoms with E-state index in [1.807, 2.05) is 6.92 Å². The van der Waals surface area contributed by atoms with E-state index in [1.165, 1.54) is 12.1 Å². The van der Waals surface area contributed by atoms with E-state index in [0.717, 1.165) is 18.5 Å². The highest BCUT2D eigenvalue weighted by molar-refractivity contribution is 5.82. The third kappa shape index (κ3) is 1.85. The van der Waals surface area contributed by atoms with Crippen molar-refractivity contribution in [3.63, 3.8) is 0 Å². The minimum absolute atomic E-state index is 0.0327. The van der Waals surface area contributed by atoms with Crippen LogP contribution in [0, 0.1) is 12.7 Å². The van der Waals surface area contributed by atoms with E-state index in [9.17, 15) is 9.18 Å². The third-order valence-electron chi connectivity index (χ3n) is 2.67. The summed E-state index contributed by atoms with van der Waals surface area (Å²) in [5.74, 6) is -0.311. The van der Waals surface area contributed by atoms with E-state index in [2.05, 4.69) is 4.98 Å². The molecule has 0 bridgehead atoms. The Morgan fingerprint density at radius 2 is 2.06 bits per heavy atom. The first kappa shape index (κ1) is 10.9. The highest BCUT2D eigenvalue weighted by Gasteiger charge is 2.06. The molecule has 0 saturated heterocycles. The molecular weight excluding hydrogens is 205 g/mol. The maximum Gasteiger partial charge on any atom is 0.189 e. The average molecular weight is 219 g/mol. The van der Waals surface area contributed by atoms with Gasteiger partial charge in [0, 0.05) is 17.1 Å². The summed E-state index contributed by atoms with van der Waals surface area (Å²) >= 11 is 0. The first-order chi connectivity index (χ1) is 7.61. The first-order valence-corrected chi connectivity index (χ1v) is 5.44. The molecule has 1 aromatic carbocycles. The molecule has 0 aliphatic heterocycles. The zero-order valence-electron chi connectivity index (χ0n) is 9.43. The van der Waals surface area contributed by atoms with Gasteiger partial charge in [0.25, 0.3) is 0 Å². The Balaban J connectivity index is 2.77. The predicted octanol–water partition coefficient (Wildman–Crippen LogP) is 2.93. The number of halogens is 1. The highest BCUT2D eigenvalue weighted by Crippen LogP contribution is 2.15. The molecule has 1 N–H and O–H groups in total. The van der Waals surface area contributed by atoms with Gasteiger partial charge in [-0.25, -0.2) is 4.39 Å². The number of pyridine rings is 1. The fourth-order valence-electron chi connectivity index (χ4n) is 2.01. The number of hydrogen-bond acceptors (Lipinski definition) is 1. The smallest absolute Gasteiger partial charge is 0.189 e. The molecule has 84 valence electrons. The molecule has 0 saturated carbocycles. The van der Waals surface area contributed by atoms with Crippen molar-refractivity contribution in [1.29, 1.82) is 0 Å². The van der Waals surface area contributed by atoms with Gasteiger partial charge in [-0.05, 0) is 31.0 Å². The maximum absolute atomic E-state index is 13.2. The van der Waals surface area contributed by atoms with Crippen molar-refractivity contribution in [3.05, 3.63) is 45.5 Å². The third-order valence-corrected chi connectivity index (χ3v) is 2.67. The van der Waals surface area contributed by atoms with Crippen LogP contribution in [-0.2, 0) is 6.42 Å². The Morgan fingerprint density at radius 1 is 1.31 bits per heavy atom. The largest absolute Gasteiger partial charge is 0.358 e. The Labute approximate surface area is 93.1 Å². The lowest BCUT2D eigenvalue weighted by molar-refractivity contribution is 0.628. The van der Waals surface area contributed by atoms with Gasteiger partial charge < -0.3 is 4.98 Å². The quantitative estimate of drug-likeness (QED) is 0.827. The number of nitrogens with one attached hydrogen (secondary N) is 1. The summed E-state index contributed by atoms with van der Waals surface area (Å²) in [6.45, 7) is 3.79. The predicted molar refractivity (Wildman–Crippen MR) is 63.3 cm³/mol. The molecule has 0 aliphatic rings. The highest BCUT2D eigenvalue weighted by atomic mass is 19.1. The van der Waals surface area contributed by atoms with E-state index >= 15 is 0 Å². The molecule has 2 aromatic rings. The SMILES string of the molecule is CCCc1cc(=O)c2c(C)cc(F)cc2[nH]1. The van der Waals surface area contributed by atoms with Gasteiger partial charge in [0.1, 0.15) is 5.82 Å². The number of aryl methyl sites for hydroxylation is 2. The van der Waals surface area contributed by atoms with Crippen LogP contribution in [0.15, 0.2) is 23.0 Å². The zero-order chi connectivity index (χ0) is 11.7. The monoisotopic (exact) mass is 219 g/mol. The Morgan fingerprint density at radius 3 is 2.75 bits per heavy atom. The van der Waals surface area contributed by atoms with Crippen LogP contribution in [0.3, 0.4) is 0 Å². The number of hydrogen-bond donors (Lipinski definition) is 1. The molecular formula is C13H14FNO. The molecule has 0 fully saturated rings. The van der Waals surface area contributed by atoms with Crippen LogP contribution >= 0.6 is 0 Å². The first-order valence-electron chi connectivity index (χ1n) is 5.44. The van der Waals surface area contributed by atoms with E-state index in [-0.39, 0.29) is 11.2 Å². The second-order valence-corrected chi connectivity index (χ2v) is 4.05. The van der Waals surface area contributed by atoms with Crippen LogP contribution < -0.4 is 5.43 Å². The second-order valence-electron chi connectivity index (χ2n) is 4.05. The van der Waals surface area contributed by atoms with E-state index < -0.39 is 0 Å². The normalized spacial score (nSPS) is 10.9. The molecule has 2 nitrogen and oxygen atoms in total. The Bertz CT molecular complexity index is 586. The standard InChI is InChI=1S/C13H14FNO/c1-3-4-10-7-12(16)13-8(2)5-9(14)6-11(13)15-10/h5-7H,3-4H2,1-2H3,(H,15,16). The summed E-state index contributed by atoms with van der Waals surface area (Å²) in [4.78, 5) is 15.0. The van der Waals surface area contributed by atoms with Gasteiger partial charge in [-0.15, -0.1) is 0 Å². The van der Waals surface area contributed by atoms with E-state index in [0.29, 0.717) is 16.5 Å². The number of fused-ring (bicyclic) bond motifs is 1. The van der Waals surface area contributed by atoms with Gasteiger partial charge in [-0.3, -0.25) is 4.79 Å². The van der Waals surface area contributed by atoms with Gasteiger partial charge >= 0.3 is 0 Å². The molecule has 0 spiro atoms. The van der Waals surface area contributed by atoms with Crippen LogP contribution in [0.4, 0.5) is 4.39 Å². The molecule has 2 rings (SSSR count). The lowest BCUT2D eigenvalue weighted by atomic mass is 10.1. The molecule has 0 aliphatic carbocycles. The number of H-pyrrole nitrogens is 1. The van der Waals surface area contributed by atoms with Gasteiger partial charge in [-0.1, -0.05) is 13.3 Å². The molecule has 1 aromatic heterocycles. The van der Waals surface area contributed by atoms with E-state index in [1.54, 1.807) is 13.0 Å². The minimum atomic E-state index is -0.311. The summed E-state index contributed by atoms with van der Waals surface area (Å²) in [6.07, 6.45) is 1.76. The number of benzene rings is 1. The average Bonchev–Trinajstić information content (AvgIpc) is 2.15. The molecule has 0 amide bonds.